The molecule has 0 aromatic carbocycles. The van der Waals surface area contributed by atoms with Crippen molar-refractivity contribution in [2.24, 2.45) is 17.7 Å². The number of nitrogens with one attached hydrogen (secondary N) is 2. The number of hydrogen-bond donors (Lipinski definition) is 3. The summed E-state index contributed by atoms with van der Waals surface area (Å²) in [6, 6.07) is 2.28. The highest BCUT2D eigenvalue weighted by Gasteiger charge is 2.39. The predicted molar refractivity (Wildman–Crippen MR) is 77.6 cm³/mol. The van der Waals surface area contributed by atoms with Crippen molar-refractivity contribution in [3.63, 3.8) is 0 Å². The van der Waals surface area contributed by atoms with E-state index in [9.17, 15) is 0 Å². The summed E-state index contributed by atoms with van der Waals surface area (Å²) in [4.78, 5) is 13.0. The first-order valence-corrected chi connectivity index (χ1v) is 7.31. The van der Waals surface area contributed by atoms with Gasteiger partial charge in [-0.2, -0.15) is 20.1 Å². The number of anilines is 2. The van der Waals surface area contributed by atoms with Gasteiger partial charge in [0.1, 0.15) is 0 Å². The van der Waals surface area contributed by atoms with Crippen molar-refractivity contribution in [2.45, 2.75) is 31.7 Å². The van der Waals surface area contributed by atoms with Crippen LogP contribution in [-0.2, 0) is 0 Å². The van der Waals surface area contributed by atoms with E-state index in [0.29, 0.717) is 23.9 Å². The van der Waals surface area contributed by atoms with E-state index in [0.717, 1.165) is 11.8 Å². The van der Waals surface area contributed by atoms with E-state index in [-0.39, 0.29) is 0 Å². The third-order valence-corrected chi connectivity index (χ3v) is 4.51. The number of hydrogen-bond acceptors (Lipinski definition) is 7. The van der Waals surface area contributed by atoms with Crippen LogP contribution in [0.3, 0.4) is 0 Å². The Morgan fingerprint density at radius 2 is 2.05 bits per heavy atom. The summed E-state index contributed by atoms with van der Waals surface area (Å²) in [5, 5.41) is 7.59. The molecular formula is C13H18N8. The Kier molecular flexibility index (Phi) is 2.95. The molecule has 3 unspecified atom stereocenters. The Hall–Kier alpha value is -2.22. The summed E-state index contributed by atoms with van der Waals surface area (Å²) in [5.41, 5.74) is 2.49. The molecule has 21 heavy (non-hydrogen) atoms. The fraction of sp³-hybridized carbons (Fsp3) is 0.538. The number of nitrogens with zero attached hydrogens (tertiary/aromatic N) is 5. The Morgan fingerprint density at radius 3 is 2.71 bits per heavy atom. The summed E-state index contributed by atoms with van der Waals surface area (Å²) in [7, 11) is 0. The minimum absolute atomic E-state index is 0.334. The Morgan fingerprint density at radius 1 is 1.14 bits per heavy atom. The summed E-state index contributed by atoms with van der Waals surface area (Å²) in [5.74, 6) is 8.41. The second-order valence-electron chi connectivity index (χ2n) is 5.80. The van der Waals surface area contributed by atoms with Crippen LogP contribution in [0.5, 0.6) is 0 Å². The molecule has 3 atom stereocenters. The summed E-state index contributed by atoms with van der Waals surface area (Å²) in [6.45, 7) is 0. The zero-order valence-corrected chi connectivity index (χ0v) is 11.6. The molecule has 8 heteroatoms. The zero-order valence-electron chi connectivity index (χ0n) is 11.6. The van der Waals surface area contributed by atoms with E-state index in [1.807, 2.05) is 6.07 Å². The number of nitrogen functional groups attached to an aromatic ring is 1. The molecule has 2 aromatic rings. The largest absolute Gasteiger partial charge is 0.351 e. The number of rotatable bonds is 4. The summed E-state index contributed by atoms with van der Waals surface area (Å²) < 4.78 is 1.59. The first-order chi connectivity index (χ1) is 10.3. The van der Waals surface area contributed by atoms with E-state index in [1.165, 1.54) is 25.7 Å². The zero-order chi connectivity index (χ0) is 14.2. The van der Waals surface area contributed by atoms with Crippen LogP contribution in [0.25, 0.3) is 5.95 Å². The second-order valence-corrected chi connectivity index (χ2v) is 5.80. The highest BCUT2D eigenvalue weighted by atomic mass is 15.4. The number of aromatic nitrogens is 5. The number of fused-ring (bicyclic) bond motifs is 2. The van der Waals surface area contributed by atoms with E-state index >= 15 is 0 Å². The minimum Gasteiger partial charge on any atom is -0.351 e. The smallest absolute Gasteiger partial charge is 0.257 e. The van der Waals surface area contributed by atoms with Crippen LogP contribution < -0.4 is 16.6 Å². The molecule has 2 heterocycles. The third kappa shape index (κ3) is 2.31. The molecular weight excluding hydrogens is 268 g/mol. The van der Waals surface area contributed by atoms with E-state index < -0.39 is 0 Å². The standard InChI is InChI=1S/C13H18N8/c14-20-12-17-11(16-10-7-8-2-3-9(10)6-8)18-13(19-12)21-5-1-4-15-21/h1,4-5,8-10H,2-3,6-7,14H2,(H2,16,17,18,19,20). The van der Waals surface area contributed by atoms with Gasteiger partial charge in [-0.1, -0.05) is 6.42 Å². The molecule has 2 bridgehead atoms. The van der Waals surface area contributed by atoms with Gasteiger partial charge in [0.15, 0.2) is 0 Å². The Bertz CT molecular complexity index is 625. The summed E-state index contributed by atoms with van der Waals surface area (Å²) in [6.07, 6.45) is 8.69. The Balaban J connectivity index is 1.61. The van der Waals surface area contributed by atoms with Crippen molar-refractivity contribution in [3.8, 4) is 5.95 Å². The molecule has 4 N–H and O–H groups in total. The highest BCUT2D eigenvalue weighted by molar-refractivity contribution is 5.38. The molecule has 0 amide bonds. The average molecular weight is 286 g/mol. The quantitative estimate of drug-likeness (QED) is 0.567. The minimum atomic E-state index is 0.334. The molecule has 2 aromatic heterocycles. The van der Waals surface area contributed by atoms with Gasteiger partial charge < -0.3 is 5.32 Å². The second kappa shape index (κ2) is 4.96. The van der Waals surface area contributed by atoms with Gasteiger partial charge in [0.2, 0.25) is 11.9 Å². The molecule has 2 fully saturated rings. The van der Waals surface area contributed by atoms with Gasteiger partial charge in [-0.3, -0.25) is 5.43 Å². The molecule has 0 radical (unpaired) electrons. The normalized spacial score (nSPS) is 27.0. The molecule has 110 valence electrons. The van der Waals surface area contributed by atoms with Gasteiger partial charge in [-0.05, 0) is 37.2 Å². The monoisotopic (exact) mass is 286 g/mol. The molecule has 0 spiro atoms. The van der Waals surface area contributed by atoms with Gasteiger partial charge in [0, 0.05) is 18.4 Å². The van der Waals surface area contributed by atoms with Gasteiger partial charge in [0.25, 0.3) is 5.95 Å². The lowest BCUT2D eigenvalue weighted by Gasteiger charge is -2.23. The fourth-order valence-electron chi connectivity index (χ4n) is 3.57. The van der Waals surface area contributed by atoms with Crippen LogP contribution in [0.4, 0.5) is 11.9 Å². The van der Waals surface area contributed by atoms with Crippen LogP contribution in [0.15, 0.2) is 18.5 Å². The molecule has 4 rings (SSSR count). The molecule has 0 aliphatic heterocycles. The van der Waals surface area contributed by atoms with Crippen LogP contribution in [0.1, 0.15) is 25.7 Å². The van der Waals surface area contributed by atoms with Crippen LogP contribution >= 0.6 is 0 Å². The maximum absolute atomic E-state index is 5.45. The first kappa shape index (κ1) is 12.5. The third-order valence-electron chi connectivity index (χ3n) is 4.51. The van der Waals surface area contributed by atoms with Crippen LogP contribution in [-0.4, -0.2) is 30.8 Å². The van der Waals surface area contributed by atoms with Crippen molar-refractivity contribution in [1.82, 2.24) is 24.7 Å². The number of nitrogens with two attached hydrogens (primary N) is 1. The van der Waals surface area contributed by atoms with Gasteiger partial charge in [-0.15, -0.1) is 0 Å². The molecule has 2 aliphatic carbocycles. The average Bonchev–Trinajstić information content (AvgIpc) is 3.24. The predicted octanol–water partition coefficient (Wildman–Crippen LogP) is 0.943. The van der Waals surface area contributed by atoms with Gasteiger partial charge >= 0.3 is 0 Å². The van der Waals surface area contributed by atoms with Crippen molar-refractivity contribution < 1.29 is 0 Å². The van der Waals surface area contributed by atoms with E-state index in [4.69, 9.17) is 5.84 Å². The molecule has 8 nitrogen and oxygen atoms in total. The lowest BCUT2D eigenvalue weighted by molar-refractivity contribution is 0.438. The lowest BCUT2D eigenvalue weighted by Crippen LogP contribution is -2.27. The van der Waals surface area contributed by atoms with Gasteiger partial charge in [0.05, 0.1) is 0 Å². The van der Waals surface area contributed by atoms with E-state index in [2.05, 4.69) is 30.8 Å². The fourth-order valence-corrected chi connectivity index (χ4v) is 3.57. The first-order valence-electron chi connectivity index (χ1n) is 7.31. The van der Waals surface area contributed by atoms with Gasteiger partial charge in [-0.25, -0.2) is 10.5 Å². The summed E-state index contributed by atoms with van der Waals surface area (Å²) >= 11 is 0. The lowest BCUT2D eigenvalue weighted by atomic mass is 9.95. The van der Waals surface area contributed by atoms with Crippen LogP contribution in [0.2, 0.25) is 0 Å². The topological polar surface area (TPSA) is 107 Å². The van der Waals surface area contributed by atoms with Crippen molar-refractivity contribution in [3.05, 3.63) is 18.5 Å². The SMILES string of the molecule is NNc1nc(NC2CC3CCC2C3)nc(-n2cccn2)n1. The molecule has 2 aliphatic rings. The van der Waals surface area contributed by atoms with E-state index in [1.54, 1.807) is 17.1 Å². The molecule has 0 saturated heterocycles. The van der Waals surface area contributed by atoms with Crippen molar-refractivity contribution >= 4 is 11.9 Å². The van der Waals surface area contributed by atoms with Crippen molar-refractivity contribution in [2.75, 3.05) is 10.7 Å². The molecule has 2 saturated carbocycles. The van der Waals surface area contributed by atoms with Crippen molar-refractivity contribution in [1.29, 1.82) is 0 Å². The van der Waals surface area contributed by atoms with Crippen LogP contribution in [0, 0.1) is 11.8 Å². The Labute approximate surface area is 122 Å². The maximum Gasteiger partial charge on any atom is 0.257 e. The maximum atomic E-state index is 5.45. The highest BCUT2D eigenvalue weighted by Crippen LogP contribution is 2.45. The number of hydrazine groups is 1.